The average molecular weight is 488 g/mol. The van der Waals surface area contributed by atoms with Crippen LogP contribution in [0.2, 0.25) is 0 Å². The smallest absolute Gasteiger partial charge is 0.309 e. The number of rotatable bonds is 1. The highest BCUT2D eigenvalue weighted by Crippen LogP contribution is 2.79. The lowest BCUT2D eigenvalue weighted by Gasteiger charge is -2.46. The summed E-state index contributed by atoms with van der Waals surface area (Å²) in [6, 6.07) is 0. The zero-order valence-electron chi connectivity index (χ0n) is 15.8. The number of halogens is 1. The van der Waals surface area contributed by atoms with Gasteiger partial charge in [0.25, 0.3) is 0 Å². The van der Waals surface area contributed by atoms with Crippen molar-refractivity contribution in [2.45, 2.75) is 56.5 Å². The Labute approximate surface area is 168 Å². The summed E-state index contributed by atoms with van der Waals surface area (Å²) >= 11 is -0.920. The van der Waals surface area contributed by atoms with Crippen LogP contribution in [0.25, 0.3) is 0 Å². The lowest BCUT2D eigenvalue weighted by atomic mass is 9.61. The average Bonchev–Trinajstić information content (AvgIpc) is 2.99. The Balaban J connectivity index is 1.80. The number of carbonyl (C=O) groups is 2. The number of esters is 1. The molecular formula is C20H25IO6. The van der Waals surface area contributed by atoms with E-state index in [-0.39, 0.29) is 15.7 Å². The Morgan fingerprint density at radius 3 is 2.78 bits per heavy atom. The van der Waals surface area contributed by atoms with Gasteiger partial charge < -0.3 is 19.7 Å². The number of carbonyl (C=O) groups excluding carboxylic acids is 2. The van der Waals surface area contributed by atoms with E-state index < -0.39 is 60.4 Å². The highest BCUT2D eigenvalue weighted by Gasteiger charge is 2.85. The molecule has 148 valence electrons. The maximum Gasteiger partial charge on any atom is 0.309 e. The molecule has 0 aromatic rings. The number of hydrogen-bond acceptors (Lipinski definition) is 6. The van der Waals surface area contributed by atoms with Gasteiger partial charge in [-0.2, -0.15) is 0 Å². The number of ether oxygens (including phenoxy) is 2. The highest BCUT2D eigenvalue weighted by atomic mass is 127. The molecule has 1 unspecified atom stereocenters. The third kappa shape index (κ3) is 1.73. The first-order chi connectivity index (χ1) is 12.5. The lowest BCUT2D eigenvalue weighted by molar-refractivity contribution is -0.243. The van der Waals surface area contributed by atoms with Crippen LogP contribution >= 0.6 is 20.7 Å². The number of fused-ring (bicyclic) bond motifs is 1. The van der Waals surface area contributed by atoms with Gasteiger partial charge in [0.2, 0.25) is 0 Å². The summed E-state index contributed by atoms with van der Waals surface area (Å²) in [5, 5.41) is 22.3. The van der Waals surface area contributed by atoms with Crippen LogP contribution in [0.3, 0.4) is 0 Å². The van der Waals surface area contributed by atoms with Crippen LogP contribution < -0.4 is 0 Å². The molecule has 6 nitrogen and oxygen atoms in total. The number of methoxy groups -OCH3 is 1. The Morgan fingerprint density at radius 2 is 2.11 bits per heavy atom. The third-order valence-corrected chi connectivity index (χ3v) is 11.5. The second-order valence-electron chi connectivity index (χ2n) is 9.42. The fourth-order valence-corrected chi connectivity index (χ4v) is 10.5. The monoisotopic (exact) mass is 488 g/mol. The molecule has 27 heavy (non-hydrogen) atoms. The van der Waals surface area contributed by atoms with Gasteiger partial charge in [-0.1, -0.05) is 6.58 Å². The Bertz CT molecular complexity index is 834. The summed E-state index contributed by atoms with van der Waals surface area (Å²) in [5.41, 5.74) is -2.70. The molecule has 3 saturated carbocycles. The summed E-state index contributed by atoms with van der Waals surface area (Å²) in [5.74, 6) is -3.13. The predicted octanol–water partition coefficient (Wildman–Crippen LogP) is 1.68. The Hall–Kier alpha value is -0.640. The van der Waals surface area contributed by atoms with Crippen LogP contribution in [0.15, 0.2) is 12.2 Å². The van der Waals surface area contributed by atoms with Crippen LogP contribution in [-0.2, 0) is 19.1 Å². The van der Waals surface area contributed by atoms with E-state index in [1.165, 1.54) is 7.11 Å². The van der Waals surface area contributed by atoms with Crippen molar-refractivity contribution >= 4 is 34.5 Å². The molecule has 2 N–H and O–H groups in total. The fourth-order valence-electron chi connectivity index (χ4n) is 7.27. The summed E-state index contributed by atoms with van der Waals surface area (Å²) in [6.45, 7) is 7.43. The SMILES string of the molecule is C=C1C[C@]23C[C@@]1(O)CC[C@H]2[C@]12C=IC(=O)[C@](C)([C@H]1[C@@H]3C(=O)OC)C(C)(O)O2. The molecule has 2 heterocycles. The van der Waals surface area contributed by atoms with Gasteiger partial charge in [0.05, 0.1) is 24.0 Å². The Kier molecular flexibility index (Phi) is 3.34. The van der Waals surface area contributed by atoms with Crippen LogP contribution in [0.5, 0.6) is 0 Å². The largest absolute Gasteiger partial charge is 0.469 e. The molecule has 8 atom stereocenters. The minimum absolute atomic E-state index is 0.000426. The quantitative estimate of drug-likeness (QED) is 0.253. The van der Waals surface area contributed by atoms with E-state index in [9.17, 15) is 19.8 Å². The highest BCUT2D eigenvalue weighted by molar-refractivity contribution is 14.2. The number of aliphatic hydroxyl groups is 2. The van der Waals surface area contributed by atoms with Crippen molar-refractivity contribution < 1.29 is 29.3 Å². The van der Waals surface area contributed by atoms with Gasteiger partial charge in [-0.05, 0) is 81.2 Å². The molecular weight excluding hydrogens is 463 g/mol. The van der Waals surface area contributed by atoms with Crippen molar-refractivity contribution in [3.8, 4) is 0 Å². The molecule has 4 bridgehead atoms. The van der Waals surface area contributed by atoms with Crippen molar-refractivity contribution in [2.24, 2.45) is 28.6 Å². The summed E-state index contributed by atoms with van der Waals surface area (Å²) in [6.07, 6.45) is 2.24. The van der Waals surface area contributed by atoms with Gasteiger partial charge in [0, 0.05) is 5.92 Å². The van der Waals surface area contributed by atoms with Crippen LogP contribution in [0.4, 0.5) is 0 Å². The molecule has 0 aromatic carbocycles. The van der Waals surface area contributed by atoms with Crippen molar-refractivity contribution in [2.75, 3.05) is 7.11 Å². The fraction of sp³-hybridized carbons (Fsp3) is 0.750. The maximum absolute atomic E-state index is 13.1. The minimum Gasteiger partial charge on any atom is -0.469 e. The van der Waals surface area contributed by atoms with E-state index in [2.05, 4.69) is 6.58 Å². The zero-order valence-corrected chi connectivity index (χ0v) is 17.9. The molecule has 5 aliphatic rings. The molecule has 7 heteroatoms. The van der Waals surface area contributed by atoms with E-state index in [0.29, 0.717) is 25.7 Å². The Morgan fingerprint density at radius 1 is 1.41 bits per heavy atom. The third-order valence-electron chi connectivity index (χ3n) is 8.49. The molecule has 2 aliphatic heterocycles. The maximum atomic E-state index is 13.1. The van der Waals surface area contributed by atoms with Gasteiger partial charge in [-0.15, -0.1) is 0 Å². The molecule has 0 radical (unpaired) electrons. The van der Waals surface area contributed by atoms with Gasteiger partial charge in [0.15, 0.2) is 9.58 Å². The van der Waals surface area contributed by atoms with Crippen LogP contribution in [0.1, 0.15) is 39.5 Å². The summed E-state index contributed by atoms with van der Waals surface area (Å²) in [4.78, 5) is 26.2. The lowest BCUT2D eigenvalue weighted by Crippen LogP contribution is -2.53. The van der Waals surface area contributed by atoms with E-state index in [1.807, 2.05) is 4.01 Å². The predicted molar refractivity (Wildman–Crippen MR) is 105 cm³/mol. The van der Waals surface area contributed by atoms with Crippen molar-refractivity contribution in [3.63, 3.8) is 0 Å². The second kappa shape index (κ2) is 4.91. The normalized spacial score (nSPS) is 57.9. The van der Waals surface area contributed by atoms with Crippen molar-refractivity contribution in [1.29, 1.82) is 0 Å². The first kappa shape index (κ1) is 18.4. The van der Waals surface area contributed by atoms with Gasteiger partial charge in [-0.3, -0.25) is 9.59 Å². The topological polar surface area (TPSA) is 93.1 Å². The van der Waals surface area contributed by atoms with Gasteiger partial charge >= 0.3 is 5.97 Å². The van der Waals surface area contributed by atoms with E-state index in [1.54, 1.807) is 13.8 Å². The number of hydrogen-bond donors (Lipinski definition) is 2. The van der Waals surface area contributed by atoms with Crippen LogP contribution in [-0.4, -0.2) is 48.1 Å². The van der Waals surface area contributed by atoms with Crippen molar-refractivity contribution in [3.05, 3.63) is 12.2 Å². The second-order valence-corrected chi connectivity index (χ2v) is 11.6. The molecule has 5 rings (SSSR count). The molecule has 1 saturated heterocycles. The molecule has 0 amide bonds. The van der Waals surface area contributed by atoms with E-state index in [0.717, 1.165) is 5.57 Å². The molecule has 4 fully saturated rings. The van der Waals surface area contributed by atoms with Crippen LogP contribution in [0, 0.1) is 28.6 Å². The van der Waals surface area contributed by atoms with Gasteiger partial charge in [-0.25, -0.2) is 0 Å². The first-order valence-electron chi connectivity index (χ1n) is 9.42. The van der Waals surface area contributed by atoms with Crippen molar-refractivity contribution in [1.82, 2.24) is 0 Å². The summed E-state index contributed by atoms with van der Waals surface area (Å²) < 4.78 is 13.6. The zero-order chi connectivity index (χ0) is 19.6. The standard InChI is InChI=1S/C20H25IO6/c1-10-7-18-8-19(10,25)6-5-11(18)20-9-21-15(23)16(2,17(3,24)27-20)13(20)12(18)14(22)26-4/h9,11-13,24-25H,1,5-8H2,2-4H3/t11-,12-,13-,16+,17?,18+,19+,20-/m1/s1. The van der Waals surface area contributed by atoms with E-state index in [4.69, 9.17) is 9.47 Å². The molecule has 3 aliphatic carbocycles. The minimum atomic E-state index is -1.63. The molecule has 0 aromatic heterocycles. The van der Waals surface area contributed by atoms with E-state index >= 15 is 0 Å². The molecule has 1 spiro atoms. The first-order valence-corrected chi connectivity index (χ1v) is 11.7. The van der Waals surface area contributed by atoms with Gasteiger partial charge in [0.1, 0.15) is 5.60 Å². The summed E-state index contributed by atoms with van der Waals surface area (Å²) in [7, 11) is 1.36.